The quantitative estimate of drug-likeness (QED) is 0.862. The van der Waals surface area contributed by atoms with Crippen LogP contribution in [-0.2, 0) is 0 Å². The molecule has 1 heterocycles. The number of ether oxygens (including phenoxy) is 1. The second-order valence-corrected chi connectivity index (χ2v) is 5.03. The summed E-state index contributed by atoms with van der Waals surface area (Å²) in [5.41, 5.74) is 0.974. The first-order chi connectivity index (χ1) is 8.79. The Morgan fingerprint density at radius 1 is 1.28 bits per heavy atom. The van der Waals surface area contributed by atoms with Crippen LogP contribution in [0.5, 0.6) is 5.75 Å². The molecule has 1 fully saturated rings. The van der Waals surface area contributed by atoms with Crippen molar-refractivity contribution >= 4 is 0 Å². The van der Waals surface area contributed by atoms with E-state index in [1.807, 2.05) is 24.3 Å². The van der Waals surface area contributed by atoms with E-state index in [0.717, 1.165) is 24.3 Å². The topological polar surface area (TPSA) is 41.5 Å². The molecule has 1 aromatic carbocycles. The van der Waals surface area contributed by atoms with Gasteiger partial charge in [0, 0.05) is 6.04 Å². The normalized spacial score (nSPS) is 22.2. The third-order valence-electron chi connectivity index (χ3n) is 3.67. The minimum atomic E-state index is -0.383. The molecular weight excluding hydrogens is 226 g/mol. The molecule has 2 rings (SSSR count). The fourth-order valence-electron chi connectivity index (χ4n) is 2.53. The summed E-state index contributed by atoms with van der Waals surface area (Å²) >= 11 is 0. The lowest BCUT2D eigenvalue weighted by atomic mass is 9.99. The van der Waals surface area contributed by atoms with Crippen LogP contribution in [-0.4, -0.2) is 24.8 Å². The van der Waals surface area contributed by atoms with Gasteiger partial charge in [-0.05, 0) is 43.5 Å². The highest BCUT2D eigenvalue weighted by molar-refractivity contribution is 5.28. The van der Waals surface area contributed by atoms with Gasteiger partial charge in [0.05, 0.1) is 13.2 Å². The molecule has 2 unspecified atom stereocenters. The Hall–Kier alpha value is -1.06. The van der Waals surface area contributed by atoms with E-state index >= 15 is 0 Å². The number of hydrogen-bond donors (Lipinski definition) is 2. The van der Waals surface area contributed by atoms with Crippen molar-refractivity contribution in [2.45, 2.75) is 44.2 Å². The molecule has 1 aliphatic heterocycles. The van der Waals surface area contributed by atoms with Crippen LogP contribution in [0.25, 0.3) is 0 Å². The van der Waals surface area contributed by atoms with Crippen LogP contribution in [0.3, 0.4) is 0 Å². The molecule has 0 saturated carbocycles. The number of hydrogen-bond acceptors (Lipinski definition) is 3. The molecule has 3 nitrogen and oxygen atoms in total. The average molecular weight is 249 g/mol. The highest BCUT2D eigenvalue weighted by Crippen LogP contribution is 2.23. The van der Waals surface area contributed by atoms with Crippen molar-refractivity contribution in [3.05, 3.63) is 29.8 Å². The predicted molar refractivity (Wildman–Crippen MR) is 72.8 cm³/mol. The van der Waals surface area contributed by atoms with E-state index in [4.69, 9.17) is 4.74 Å². The summed E-state index contributed by atoms with van der Waals surface area (Å²) in [7, 11) is 1.65. The molecule has 0 aliphatic carbocycles. The Kier molecular flexibility index (Phi) is 5.02. The molecule has 0 bridgehead atoms. The maximum Gasteiger partial charge on any atom is 0.118 e. The molecule has 1 saturated heterocycles. The van der Waals surface area contributed by atoms with Gasteiger partial charge >= 0.3 is 0 Å². The Balaban J connectivity index is 1.90. The van der Waals surface area contributed by atoms with Crippen molar-refractivity contribution in [1.82, 2.24) is 5.32 Å². The van der Waals surface area contributed by atoms with E-state index in [0.29, 0.717) is 6.04 Å². The number of methoxy groups -OCH3 is 1. The number of nitrogens with one attached hydrogen (secondary N) is 1. The Labute approximate surface area is 109 Å². The molecule has 18 heavy (non-hydrogen) atoms. The smallest absolute Gasteiger partial charge is 0.118 e. The van der Waals surface area contributed by atoms with Gasteiger partial charge in [-0.1, -0.05) is 25.0 Å². The Morgan fingerprint density at radius 2 is 2.06 bits per heavy atom. The summed E-state index contributed by atoms with van der Waals surface area (Å²) in [4.78, 5) is 0. The van der Waals surface area contributed by atoms with Crippen LogP contribution in [0, 0.1) is 0 Å². The van der Waals surface area contributed by atoms with Crippen molar-refractivity contribution in [2.75, 3.05) is 13.7 Å². The standard InChI is InChI=1S/C15H23NO2/c1-18-14-8-6-12(7-9-14)15(17)11-13-5-3-2-4-10-16-13/h6-9,13,15-17H,2-5,10-11H2,1H3. The van der Waals surface area contributed by atoms with Crippen LogP contribution in [0.2, 0.25) is 0 Å². The Bertz CT molecular complexity index is 342. The van der Waals surface area contributed by atoms with Crippen LogP contribution in [0.15, 0.2) is 24.3 Å². The van der Waals surface area contributed by atoms with Gasteiger partial charge in [0.2, 0.25) is 0 Å². The molecule has 3 heteroatoms. The molecule has 0 spiro atoms. The average Bonchev–Trinajstić information content (AvgIpc) is 2.67. The summed E-state index contributed by atoms with van der Waals surface area (Å²) in [6.07, 6.45) is 5.43. The van der Waals surface area contributed by atoms with Crippen LogP contribution < -0.4 is 10.1 Å². The fraction of sp³-hybridized carbons (Fsp3) is 0.600. The molecule has 2 N–H and O–H groups in total. The second-order valence-electron chi connectivity index (χ2n) is 5.03. The molecular formula is C15H23NO2. The van der Waals surface area contributed by atoms with Gasteiger partial charge in [0.25, 0.3) is 0 Å². The summed E-state index contributed by atoms with van der Waals surface area (Å²) in [6, 6.07) is 8.14. The maximum atomic E-state index is 10.2. The third-order valence-corrected chi connectivity index (χ3v) is 3.67. The largest absolute Gasteiger partial charge is 0.497 e. The molecule has 2 atom stereocenters. The SMILES string of the molecule is COc1ccc(C(O)CC2CCCCCN2)cc1. The summed E-state index contributed by atoms with van der Waals surface area (Å²) in [5, 5.41) is 13.8. The molecule has 0 radical (unpaired) electrons. The summed E-state index contributed by atoms with van der Waals surface area (Å²) < 4.78 is 5.12. The highest BCUT2D eigenvalue weighted by Gasteiger charge is 2.17. The van der Waals surface area contributed by atoms with Crippen molar-refractivity contribution in [3.8, 4) is 5.75 Å². The summed E-state index contributed by atoms with van der Waals surface area (Å²) in [5.74, 6) is 0.832. The van der Waals surface area contributed by atoms with E-state index in [9.17, 15) is 5.11 Å². The lowest BCUT2D eigenvalue weighted by molar-refractivity contribution is 0.150. The molecule has 100 valence electrons. The third kappa shape index (κ3) is 3.72. The van der Waals surface area contributed by atoms with E-state index < -0.39 is 0 Å². The minimum absolute atomic E-state index is 0.383. The zero-order valence-electron chi connectivity index (χ0n) is 11.1. The lowest BCUT2D eigenvalue weighted by Gasteiger charge is -2.20. The second kappa shape index (κ2) is 6.76. The van der Waals surface area contributed by atoms with Crippen LogP contribution >= 0.6 is 0 Å². The highest BCUT2D eigenvalue weighted by atomic mass is 16.5. The van der Waals surface area contributed by atoms with Crippen molar-refractivity contribution in [1.29, 1.82) is 0 Å². The van der Waals surface area contributed by atoms with Crippen LogP contribution in [0.4, 0.5) is 0 Å². The van der Waals surface area contributed by atoms with Gasteiger partial charge < -0.3 is 15.2 Å². The van der Waals surface area contributed by atoms with Gasteiger partial charge in [0.15, 0.2) is 0 Å². The first-order valence-electron chi connectivity index (χ1n) is 6.85. The number of aliphatic hydroxyl groups is 1. The number of rotatable bonds is 4. The first-order valence-corrected chi connectivity index (χ1v) is 6.85. The van der Waals surface area contributed by atoms with Gasteiger partial charge in [-0.15, -0.1) is 0 Å². The minimum Gasteiger partial charge on any atom is -0.497 e. The molecule has 0 aromatic heterocycles. The zero-order chi connectivity index (χ0) is 12.8. The lowest BCUT2D eigenvalue weighted by Crippen LogP contribution is -2.29. The van der Waals surface area contributed by atoms with E-state index in [-0.39, 0.29) is 6.10 Å². The number of aliphatic hydroxyl groups excluding tert-OH is 1. The zero-order valence-corrected chi connectivity index (χ0v) is 11.1. The van der Waals surface area contributed by atoms with Crippen molar-refractivity contribution in [2.24, 2.45) is 0 Å². The van der Waals surface area contributed by atoms with Crippen molar-refractivity contribution in [3.63, 3.8) is 0 Å². The van der Waals surface area contributed by atoms with E-state index in [1.165, 1.54) is 25.7 Å². The fourth-order valence-corrected chi connectivity index (χ4v) is 2.53. The molecule has 1 aromatic rings. The first kappa shape index (κ1) is 13.4. The van der Waals surface area contributed by atoms with Gasteiger partial charge in [-0.3, -0.25) is 0 Å². The molecule has 0 amide bonds. The maximum absolute atomic E-state index is 10.2. The van der Waals surface area contributed by atoms with Gasteiger partial charge in [-0.25, -0.2) is 0 Å². The van der Waals surface area contributed by atoms with E-state index in [2.05, 4.69) is 5.32 Å². The molecule has 1 aliphatic rings. The van der Waals surface area contributed by atoms with Gasteiger partial charge in [-0.2, -0.15) is 0 Å². The Morgan fingerprint density at radius 3 is 2.78 bits per heavy atom. The van der Waals surface area contributed by atoms with Gasteiger partial charge in [0.1, 0.15) is 5.75 Å². The van der Waals surface area contributed by atoms with Crippen molar-refractivity contribution < 1.29 is 9.84 Å². The number of benzene rings is 1. The van der Waals surface area contributed by atoms with Crippen LogP contribution in [0.1, 0.15) is 43.8 Å². The van der Waals surface area contributed by atoms with E-state index in [1.54, 1.807) is 7.11 Å². The predicted octanol–water partition coefficient (Wildman–Crippen LogP) is 2.65. The monoisotopic (exact) mass is 249 g/mol. The summed E-state index contributed by atoms with van der Waals surface area (Å²) in [6.45, 7) is 1.08.